The molecule has 0 fully saturated rings. The number of hydrogen-bond donors (Lipinski definition) is 1. The van der Waals surface area contributed by atoms with E-state index in [1.165, 1.54) is 18.6 Å². The van der Waals surface area contributed by atoms with Gasteiger partial charge in [-0.1, -0.05) is 20.8 Å². The van der Waals surface area contributed by atoms with Crippen LogP contribution in [0.15, 0.2) is 0 Å². The normalized spacial score (nSPS) is 13.3. The molecule has 1 atom stereocenters. The van der Waals surface area contributed by atoms with Crippen molar-refractivity contribution in [3.05, 3.63) is 0 Å². The molecule has 2 nitrogen and oxygen atoms in total. The molecule has 0 aromatic carbocycles. The van der Waals surface area contributed by atoms with Gasteiger partial charge in [-0.2, -0.15) is 11.8 Å². The van der Waals surface area contributed by atoms with Gasteiger partial charge in [0.2, 0.25) is 0 Å². The number of rotatable bonds is 11. The van der Waals surface area contributed by atoms with E-state index in [0.29, 0.717) is 6.04 Å². The fraction of sp³-hybridized carbons (Fsp3) is 1.00. The Morgan fingerprint density at radius 2 is 1.88 bits per heavy atom. The smallest absolute Gasteiger partial charge is 0.0481 e. The minimum absolute atomic E-state index is 0.619. The summed E-state index contributed by atoms with van der Waals surface area (Å²) in [6.07, 6.45) is 5.69. The van der Waals surface area contributed by atoms with E-state index < -0.39 is 0 Å². The number of nitrogens with one attached hydrogen (secondary N) is 1. The highest BCUT2D eigenvalue weighted by atomic mass is 32.2. The highest BCUT2D eigenvalue weighted by Gasteiger charge is 2.06. The van der Waals surface area contributed by atoms with E-state index in [9.17, 15) is 0 Å². The van der Waals surface area contributed by atoms with Crippen molar-refractivity contribution >= 4 is 11.8 Å². The van der Waals surface area contributed by atoms with E-state index >= 15 is 0 Å². The Hall–Kier alpha value is 0.270. The molecule has 0 aliphatic heterocycles. The molecule has 1 unspecified atom stereocenters. The monoisotopic (exact) mass is 247 g/mol. The van der Waals surface area contributed by atoms with Crippen LogP contribution in [-0.2, 0) is 4.74 Å². The molecule has 0 saturated heterocycles. The summed E-state index contributed by atoms with van der Waals surface area (Å²) in [6.45, 7) is 9.62. The van der Waals surface area contributed by atoms with Gasteiger partial charge in [0.15, 0.2) is 0 Å². The van der Waals surface area contributed by atoms with Gasteiger partial charge in [0, 0.05) is 25.0 Å². The summed E-state index contributed by atoms with van der Waals surface area (Å²) < 4.78 is 5.65. The van der Waals surface area contributed by atoms with Crippen LogP contribution in [0, 0.1) is 5.92 Å². The average Bonchev–Trinajstić information content (AvgIpc) is 2.24. The van der Waals surface area contributed by atoms with Gasteiger partial charge in [-0.15, -0.1) is 0 Å². The lowest BCUT2D eigenvalue weighted by Crippen LogP contribution is -2.33. The van der Waals surface area contributed by atoms with Crippen LogP contribution in [0.4, 0.5) is 0 Å². The molecule has 1 N–H and O–H groups in total. The fourth-order valence-electron chi connectivity index (χ4n) is 1.44. The molecular formula is C13H29NOS. The first-order chi connectivity index (χ1) is 7.70. The Kier molecular flexibility index (Phi) is 11.9. The van der Waals surface area contributed by atoms with Gasteiger partial charge in [0.05, 0.1) is 0 Å². The minimum atomic E-state index is 0.619. The van der Waals surface area contributed by atoms with Crippen molar-refractivity contribution in [1.29, 1.82) is 0 Å². The summed E-state index contributed by atoms with van der Waals surface area (Å²) in [4.78, 5) is 0. The van der Waals surface area contributed by atoms with E-state index in [1.54, 1.807) is 0 Å². The van der Waals surface area contributed by atoms with Crippen LogP contribution < -0.4 is 5.32 Å². The Balaban J connectivity index is 3.43. The predicted molar refractivity (Wildman–Crippen MR) is 75.4 cm³/mol. The molecule has 16 heavy (non-hydrogen) atoms. The zero-order valence-electron chi connectivity index (χ0n) is 11.4. The van der Waals surface area contributed by atoms with E-state index in [1.807, 2.05) is 11.8 Å². The Morgan fingerprint density at radius 3 is 2.44 bits per heavy atom. The minimum Gasteiger partial charge on any atom is -0.381 e. The van der Waals surface area contributed by atoms with Crippen molar-refractivity contribution in [2.24, 2.45) is 5.92 Å². The molecular weight excluding hydrogens is 218 g/mol. The topological polar surface area (TPSA) is 21.3 Å². The molecule has 3 heteroatoms. The molecule has 0 bridgehead atoms. The lowest BCUT2D eigenvalue weighted by molar-refractivity contribution is 0.116. The quantitative estimate of drug-likeness (QED) is 0.567. The second-order valence-corrected chi connectivity index (χ2v) is 5.60. The average molecular weight is 247 g/mol. The predicted octanol–water partition coefficient (Wildman–Crippen LogP) is 3.17. The van der Waals surface area contributed by atoms with E-state index in [4.69, 9.17) is 4.74 Å². The van der Waals surface area contributed by atoms with Gasteiger partial charge in [-0.3, -0.25) is 0 Å². The van der Waals surface area contributed by atoms with Crippen molar-refractivity contribution in [2.45, 2.75) is 46.1 Å². The van der Waals surface area contributed by atoms with Gasteiger partial charge < -0.3 is 10.1 Å². The summed E-state index contributed by atoms with van der Waals surface area (Å²) in [5, 5.41) is 3.57. The summed E-state index contributed by atoms with van der Waals surface area (Å²) >= 11 is 1.91. The maximum atomic E-state index is 5.65. The standard InChI is InChI=1S/C13H29NOS/c1-5-8-14-13(11-16-4)7-10-15-9-6-12(2)3/h12-14H,5-11H2,1-4H3. The van der Waals surface area contributed by atoms with Crippen LogP contribution in [0.2, 0.25) is 0 Å². The first-order valence-corrected chi connectivity index (χ1v) is 7.90. The highest BCUT2D eigenvalue weighted by molar-refractivity contribution is 7.98. The number of thioether (sulfide) groups is 1. The largest absolute Gasteiger partial charge is 0.381 e. The van der Waals surface area contributed by atoms with Gasteiger partial charge in [0.25, 0.3) is 0 Å². The Bertz CT molecular complexity index is 142. The maximum absolute atomic E-state index is 5.65. The summed E-state index contributed by atoms with van der Waals surface area (Å²) in [6, 6.07) is 0.619. The third-order valence-corrected chi connectivity index (χ3v) is 3.24. The van der Waals surface area contributed by atoms with Crippen LogP contribution in [-0.4, -0.2) is 37.8 Å². The van der Waals surface area contributed by atoms with Crippen LogP contribution in [0.3, 0.4) is 0 Å². The Morgan fingerprint density at radius 1 is 1.19 bits per heavy atom. The summed E-state index contributed by atoms with van der Waals surface area (Å²) in [7, 11) is 0. The van der Waals surface area contributed by atoms with Gasteiger partial charge >= 0.3 is 0 Å². The molecule has 0 aromatic heterocycles. The lowest BCUT2D eigenvalue weighted by Gasteiger charge is -2.17. The lowest BCUT2D eigenvalue weighted by atomic mass is 10.1. The first-order valence-electron chi connectivity index (χ1n) is 6.50. The zero-order valence-corrected chi connectivity index (χ0v) is 12.2. The highest BCUT2D eigenvalue weighted by Crippen LogP contribution is 2.04. The molecule has 0 radical (unpaired) electrons. The van der Waals surface area contributed by atoms with Crippen LogP contribution in [0.1, 0.15) is 40.0 Å². The third kappa shape index (κ3) is 10.8. The second-order valence-electron chi connectivity index (χ2n) is 4.69. The molecule has 0 aromatic rings. The van der Waals surface area contributed by atoms with E-state index in [0.717, 1.165) is 32.1 Å². The molecule has 0 saturated carbocycles. The van der Waals surface area contributed by atoms with Crippen molar-refractivity contribution < 1.29 is 4.74 Å². The van der Waals surface area contributed by atoms with Gasteiger partial charge in [0.1, 0.15) is 0 Å². The van der Waals surface area contributed by atoms with Crippen molar-refractivity contribution in [2.75, 3.05) is 31.8 Å². The van der Waals surface area contributed by atoms with Crippen LogP contribution in [0.25, 0.3) is 0 Å². The Labute approximate surface area is 106 Å². The number of ether oxygens (including phenoxy) is 1. The summed E-state index contributed by atoms with van der Waals surface area (Å²) in [5.74, 6) is 1.94. The second kappa shape index (κ2) is 11.7. The third-order valence-electron chi connectivity index (χ3n) is 2.50. The number of hydrogen-bond acceptors (Lipinski definition) is 3. The van der Waals surface area contributed by atoms with Crippen LogP contribution >= 0.6 is 11.8 Å². The van der Waals surface area contributed by atoms with Crippen LogP contribution in [0.5, 0.6) is 0 Å². The summed E-state index contributed by atoms with van der Waals surface area (Å²) in [5.41, 5.74) is 0. The van der Waals surface area contributed by atoms with E-state index in [-0.39, 0.29) is 0 Å². The first kappa shape index (κ1) is 16.3. The van der Waals surface area contributed by atoms with Crippen molar-refractivity contribution in [1.82, 2.24) is 5.32 Å². The molecule has 0 spiro atoms. The molecule has 98 valence electrons. The van der Waals surface area contributed by atoms with Gasteiger partial charge in [-0.25, -0.2) is 0 Å². The maximum Gasteiger partial charge on any atom is 0.0481 e. The SMILES string of the molecule is CCCNC(CCOCCC(C)C)CSC. The zero-order chi connectivity index (χ0) is 12.2. The molecule has 0 rings (SSSR count). The van der Waals surface area contributed by atoms with E-state index in [2.05, 4.69) is 32.3 Å². The molecule has 0 heterocycles. The van der Waals surface area contributed by atoms with Crippen molar-refractivity contribution in [3.63, 3.8) is 0 Å². The van der Waals surface area contributed by atoms with Gasteiger partial charge in [-0.05, 0) is 38.0 Å². The van der Waals surface area contributed by atoms with Crippen molar-refractivity contribution in [3.8, 4) is 0 Å². The fourth-order valence-corrected chi connectivity index (χ4v) is 2.13. The molecule has 0 aliphatic carbocycles. The molecule has 0 aliphatic rings. The molecule has 0 amide bonds.